The van der Waals surface area contributed by atoms with Gasteiger partial charge >= 0.3 is 0 Å². The summed E-state index contributed by atoms with van der Waals surface area (Å²) in [7, 11) is 1.60. The van der Waals surface area contributed by atoms with Gasteiger partial charge in [-0.2, -0.15) is 0 Å². The third-order valence-electron chi connectivity index (χ3n) is 4.15. The molecule has 0 aromatic heterocycles. The van der Waals surface area contributed by atoms with Gasteiger partial charge in [0.05, 0.1) is 6.54 Å². The van der Waals surface area contributed by atoms with Crippen LogP contribution in [0.2, 0.25) is 0 Å². The van der Waals surface area contributed by atoms with Crippen molar-refractivity contribution in [2.24, 2.45) is 4.99 Å². The van der Waals surface area contributed by atoms with Gasteiger partial charge in [-0.1, -0.05) is 30.3 Å². The van der Waals surface area contributed by atoms with Crippen molar-refractivity contribution in [2.45, 2.75) is 19.4 Å². The lowest BCUT2D eigenvalue weighted by atomic mass is 10.1. The number of nitrogens with zero attached hydrogens (tertiary/aromatic N) is 1. The summed E-state index contributed by atoms with van der Waals surface area (Å²) in [6.07, 6.45) is -0.314. The summed E-state index contributed by atoms with van der Waals surface area (Å²) in [6.45, 7) is 3.24. The Morgan fingerprint density at radius 1 is 1.18 bits per heavy atom. The highest BCUT2D eigenvalue weighted by Gasteiger charge is 2.12. The highest BCUT2D eigenvalue weighted by atomic mass is 19.1. The predicted octanol–water partition coefficient (Wildman–Crippen LogP) is 2.02. The molecule has 28 heavy (non-hydrogen) atoms. The average Bonchev–Trinajstić information content (AvgIpc) is 2.71. The number of nitrogens with one attached hydrogen (secondary N) is 3. The summed E-state index contributed by atoms with van der Waals surface area (Å²) in [6, 6.07) is 13.6. The van der Waals surface area contributed by atoms with Gasteiger partial charge < -0.3 is 21.1 Å². The van der Waals surface area contributed by atoms with Crippen molar-refractivity contribution in [1.82, 2.24) is 16.0 Å². The second-order valence-electron chi connectivity index (χ2n) is 6.21. The Morgan fingerprint density at radius 3 is 2.68 bits per heavy atom. The molecule has 0 heterocycles. The predicted molar refractivity (Wildman–Crippen MR) is 109 cm³/mol. The molecule has 0 fully saturated rings. The van der Waals surface area contributed by atoms with Crippen molar-refractivity contribution < 1.29 is 14.3 Å². The van der Waals surface area contributed by atoms with Gasteiger partial charge in [-0.15, -0.1) is 0 Å². The van der Waals surface area contributed by atoms with Crippen molar-refractivity contribution in [1.29, 1.82) is 0 Å². The van der Waals surface area contributed by atoms with E-state index in [1.54, 1.807) is 31.3 Å². The van der Waals surface area contributed by atoms with E-state index in [0.29, 0.717) is 31.0 Å². The molecule has 2 aromatic carbocycles. The molecule has 0 bridgehead atoms. The lowest BCUT2D eigenvalue weighted by Gasteiger charge is -2.14. The van der Waals surface area contributed by atoms with Crippen LogP contribution in [0.15, 0.2) is 53.5 Å². The maximum Gasteiger partial charge on any atom is 0.251 e. The monoisotopic (exact) mass is 386 g/mol. The van der Waals surface area contributed by atoms with E-state index in [1.165, 1.54) is 6.07 Å². The number of amides is 1. The summed E-state index contributed by atoms with van der Waals surface area (Å²) in [5, 5.41) is 19.1. The van der Waals surface area contributed by atoms with Crippen molar-refractivity contribution in [3.05, 3.63) is 71.0 Å². The van der Waals surface area contributed by atoms with Crippen LogP contribution >= 0.6 is 0 Å². The van der Waals surface area contributed by atoms with Crippen LogP contribution in [0.25, 0.3) is 0 Å². The maximum absolute atomic E-state index is 13.7. The second kappa shape index (κ2) is 11.0. The smallest absolute Gasteiger partial charge is 0.251 e. The zero-order valence-corrected chi connectivity index (χ0v) is 16.2. The molecule has 2 aromatic rings. The largest absolute Gasteiger partial charge is 0.386 e. The Morgan fingerprint density at radius 2 is 1.96 bits per heavy atom. The molecule has 1 unspecified atom stereocenters. The molecule has 1 amide bonds. The maximum atomic E-state index is 13.7. The summed E-state index contributed by atoms with van der Waals surface area (Å²) in [5.41, 5.74) is 1.87. The molecule has 0 aliphatic heterocycles. The van der Waals surface area contributed by atoms with Crippen LogP contribution in [0.4, 0.5) is 4.39 Å². The van der Waals surface area contributed by atoms with Gasteiger partial charge in [0.2, 0.25) is 0 Å². The molecule has 0 radical (unpaired) electrons. The minimum Gasteiger partial charge on any atom is -0.386 e. The Balaban J connectivity index is 1.93. The molecule has 0 aliphatic rings. The van der Waals surface area contributed by atoms with E-state index in [4.69, 9.17) is 0 Å². The number of carbonyl (C=O) groups is 1. The van der Waals surface area contributed by atoms with E-state index in [1.807, 2.05) is 25.1 Å². The summed E-state index contributed by atoms with van der Waals surface area (Å²) < 4.78 is 13.7. The van der Waals surface area contributed by atoms with Gasteiger partial charge in [0.15, 0.2) is 5.96 Å². The summed E-state index contributed by atoms with van der Waals surface area (Å²) in [4.78, 5) is 16.1. The highest BCUT2D eigenvalue weighted by molar-refractivity contribution is 5.94. The summed E-state index contributed by atoms with van der Waals surface area (Å²) in [5.74, 6) is -0.0219. The third-order valence-corrected chi connectivity index (χ3v) is 4.15. The zero-order valence-electron chi connectivity index (χ0n) is 16.2. The highest BCUT2D eigenvalue weighted by Crippen LogP contribution is 2.16. The number of rotatable bonds is 8. The molecule has 0 spiro atoms. The lowest BCUT2D eigenvalue weighted by Crippen LogP contribution is -2.38. The van der Waals surface area contributed by atoms with Crippen LogP contribution in [0.5, 0.6) is 0 Å². The van der Waals surface area contributed by atoms with Gasteiger partial charge in [-0.3, -0.25) is 9.79 Å². The van der Waals surface area contributed by atoms with Crippen molar-refractivity contribution in [2.75, 3.05) is 26.7 Å². The van der Waals surface area contributed by atoms with Gasteiger partial charge in [0.25, 0.3) is 5.91 Å². The Hall–Kier alpha value is -2.93. The molecule has 4 N–H and O–H groups in total. The zero-order chi connectivity index (χ0) is 20.4. The van der Waals surface area contributed by atoms with E-state index < -0.39 is 11.9 Å². The van der Waals surface area contributed by atoms with Crippen LogP contribution in [-0.2, 0) is 6.42 Å². The minimum absolute atomic E-state index is 0.0441. The Kier molecular flexibility index (Phi) is 8.42. The van der Waals surface area contributed by atoms with Crippen molar-refractivity contribution in [3.63, 3.8) is 0 Å². The topological polar surface area (TPSA) is 85.8 Å². The molecular weight excluding hydrogens is 359 g/mol. The van der Waals surface area contributed by atoms with Crippen LogP contribution in [0, 0.1) is 5.82 Å². The van der Waals surface area contributed by atoms with E-state index in [-0.39, 0.29) is 18.0 Å². The molecule has 1 atom stereocenters. The first-order valence-electron chi connectivity index (χ1n) is 9.30. The number of carbonyl (C=O) groups excluding carboxylic acids is 1. The Bertz CT molecular complexity index is 810. The number of guanidine groups is 1. The van der Waals surface area contributed by atoms with E-state index in [0.717, 1.165) is 5.56 Å². The molecule has 7 heteroatoms. The van der Waals surface area contributed by atoms with Gasteiger partial charge in [-0.25, -0.2) is 4.39 Å². The Labute approximate surface area is 164 Å². The number of aliphatic hydroxyl groups excluding tert-OH is 1. The number of aliphatic hydroxyl groups is 1. The molecule has 0 saturated carbocycles. The van der Waals surface area contributed by atoms with Crippen LogP contribution in [-0.4, -0.2) is 43.7 Å². The SMILES string of the molecule is CCNC(=NCC(O)c1ccccc1F)NCCc1cccc(C(=O)NC)c1. The molecular formula is C21H27FN4O2. The molecule has 6 nitrogen and oxygen atoms in total. The third kappa shape index (κ3) is 6.35. The number of hydrogen-bond acceptors (Lipinski definition) is 3. The van der Waals surface area contributed by atoms with Crippen LogP contribution < -0.4 is 16.0 Å². The normalized spacial score (nSPS) is 12.4. The first-order chi connectivity index (χ1) is 13.5. The first-order valence-corrected chi connectivity index (χ1v) is 9.30. The fraction of sp³-hybridized carbons (Fsp3) is 0.333. The standard InChI is InChI=1S/C21H27FN4O2/c1-3-24-21(26-14-19(27)17-9-4-5-10-18(17)22)25-12-11-15-7-6-8-16(13-15)20(28)23-2/h4-10,13,19,27H,3,11-12,14H2,1-2H3,(H,23,28)(H2,24,25,26). The number of aliphatic imine (C=N–C) groups is 1. The van der Waals surface area contributed by atoms with E-state index in [2.05, 4.69) is 20.9 Å². The summed E-state index contributed by atoms with van der Waals surface area (Å²) >= 11 is 0. The fourth-order valence-electron chi connectivity index (χ4n) is 2.70. The number of benzene rings is 2. The quantitative estimate of drug-likeness (QED) is 0.413. The van der Waals surface area contributed by atoms with Crippen LogP contribution in [0.3, 0.4) is 0 Å². The van der Waals surface area contributed by atoms with Gasteiger partial charge in [0, 0.05) is 31.3 Å². The molecule has 150 valence electrons. The van der Waals surface area contributed by atoms with Gasteiger partial charge in [-0.05, 0) is 37.1 Å². The second-order valence-corrected chi connectivity index (χ2v) is 6.21. The van der Waals surface area contributed by atoms with E-state index >= 15 is 0 Å². The molecule has 0 aliphatic carbocycles. The van der Waals surface area contributed by atoms with E-state index in [9.17, 15) is 14.3 Å². The molecule has 2 rings (SSSR count). The first kappa shape index (κ1) is 21.4. The lowest BCUT2D eigenvalue weighted by molar-refractivity contribution is 0.0963. The minimum atomic E-state index is -1.01. The van der Waals surface area contributed by atoms with Crippen molar-refractivity contribution >= 4 is 11.9 Å². The van der Waals surface area contributed by atoms with Crippen molar-refractivity contribution in [3.8, 4) is 0 Å². The average molecular weight is 386 g/mol. The number of halogens is 1. The van der Waals surface area contributed by atoms with Crippen LogP contribution in [0.1, 0.15) is 34.5 Å². The molecule has 0 saturated heterocycles. The fourth-order valence-corrected chi connectivity index (χ4v) is 2.70. The number of hydrogen-bond donors (Lipinski definition) is 4. The van der Waals surface area contributed by atoms with Gasteiger partial charge in [0.1, 0.15) is 11.9 Å².